The summed E-state index contributed by atoms with van der Waals surface area (Å²) in [6, 6.07) is 0.308. The molecule has 0 rings (SSSR count). The largest absolute Gasteiger partial charge is 0.380 e. The van der Waals surface area contributed by atoms with E-state index in [2.05, 4.69) is 33.0 Å². The van der Waals surface area contributed by atoms with Crippen molar-refractivity contribution >= 4 is 0 Å². The van der Waals surface area contributed by atoms with E-state index in [0.717, 1.165) is 26.0 Å². The van der Waals surface area contributed by atoms with Crippen molar-refractivity contribution in [1.29, 1.82) is 0 Å². The lowest BCUT2D eigenvalue weighted by atomic mass is 10.1. The first-order chi connectivity index (χ1) is 7.15. The fourth-order valence-corrected chi connectivity index (χ4v) is 1.62. The van der Waals surface area contributed by atoms with Gasteiger partial charge in [0, 0.05) is 7.11 Å². The third-order valence-corrected chi connectivity index (χ3v) is 2.40. The van der Waals surface area contributed by atoms with Gasteiger partial charge in [0.2, 0.25) is 0 Å². The van der Waals surface area contributed by atoms with E-state index in [1.54, 1.807) is 7.11 Å². The number of hydrogen-bond acceptors (Lipinski definition) is 3. The zero-order valence-electron chi connectivity index (χ0n) is 10.9. The van der Waals surface area contributed by atoms with Gasteiger partial charge in [-0.1, -0.05) is 20.3 Å². The maximum absolute atomic E-state index is 5.64. The molecule has 0 saturated carbocycles. The second-order valence-electron chi connectivity index (χ2n) is 4.11. The van der Waals surface area contributed by atoms with Gasteiger partial charge < -0.3 is 14.8 Å². The number of methoxy groups -OCH3 is 1. The van der Waals surface area contributed by atoms with Gasteiger partial charge >= 0.3 is 0 Å². The molecule has 2 unspecified atom stereocenters. The van der Waals surface area contributed by atoms with Crippen molar-refractivity contribution < 1.29 is 9.47 Å². The maximum atomic E-state index is 5.64. The molecule has 0 fully saturated rings. The molecule has 3 heteroatoms. The summed E-state index contributed by atoms with van der Waals surface area (Å²) < 4.78 is 11.1. The predicted octanol–water partition coefficient (Wildman–Crippen LogP) is 2.20. The molecule has 0 bridgehead atoms. The van der Waals surface area contributed by atoms with Gasteiger partial charge in [-0.25, -0.2) is 0 Å². The minimum absolute atomic E-state index is 0.258. The minimum atomic E-state index is 0.258. The Morgan fingerprint density at radius 2 is 1.87 bits per heavy atom. The van der Waals surface area contributed by atoms with Gasteiger partial charge in [-0.15, -0.1) is 0 Å². The van der Waals surface area contributed by atoms with E-state index >= 15 is 0 Å². The van der Waals surface area contributed by atoms with Crippen LogP contribution < -0.4 is 5.32 Å². The van der Waals surface area contributed by atoms with Crippen molar-refractivity contribution in [3.05, 3.63) is 0 Å². The second-order valence-corrected chi connectivity index (χ2v) is 4.11. The SMILES string of the molecule is CCCC(OC)C(COC(C)C)NCC. The third kappa shape index (κ3) is 6.88. The van der Waals surface area contributed by atoms with Gasteiger partial charge in [0.1, 0.15) is 0 Å². The normalized spacial score (nSPS) is 15.6. The average Bonchev–Trinajstić information content (AvgIpc) is 2.21. The van der Waals surface area contributed by atoms with Crippen LogP contribution in [0, 0.1) is 0 Å². The van der Waals surface area contributed by atoms with Crippen LogP contribution in [0.1, 0.15) is 40.5 Å². The number of ether oxygens (including phenoxy) is 2. The molecule has 15 heavy (non-hydrogen) atoms. The fraction of sp³-hybridized carbons (Fsp3) is 1.00. The van der Waals surface area contributed by atoms with E-state index in [4.69, 9.17) is 9.47 Å². The lowest BCUT2D eigenvalue weighted by Crippen LogP contribution is -2.44. The van der Waals surface area contributed by atoms with Crippen LogP contribution in [0.25, 0.3) is 0 Å². The molecule has 0 aliphatic heterocycles. The monoisotopic (exact) mass is 217 g/mol. The van der Waals surface area contributed by atoms with Crippen LogP contribution in [0.2, 0.25) is 0 Å². The molecule has 0 radical (unpaired) electrons. The van der Waals surface area contributed by atoms with Gasteiger partial charge in [-0.3, -0.25) is 0 Å². The first-order valence-electron chi connectivity index (χ1n) is 6.03. The van der Waals surface area contributed by atoms with Gasteiger partial charge in [-0.2, -0.15) is 0 Å². The summed E-state index contributed by atoms with van der Waals surface area (Å²) in [5.41, 5.74) is 0. The van der Waals surface area contributed by atoms with Crippen molar-refractivity contribution in [3.8, 4) is 0 Å². The maximum Gasteiger partial charge on any atom is 0.0746 e. The Morgan fingerprint density at radius 3 is 2.27 bits per heavy atom. The smallest absolute Gasteiger partial charge is 0.0746 e. The number of nitrogens with one attached hydrogen (secondary N) is 1. The van der Waals surface area contributed by atoms with Gasteiger partial charge in [0.05, 0.1) is 24.9 Å². The molecule has 0 aliphatic rings. The topological polar surface area (TPSA) is 30.5 Å². The van der Waals surface area contributed by atoms with E-state index in [1.165, 1.54) is 0 Å². The molecule has 0 amide bonds. The Kier molecular flexibility index (Phi) is 9.06. The lowest BCUT2D eigenvalue weighted by Gasteiger charge is -2.27. The number of likely N-dealkylation sites (N-methyl/N-ethyl adjacent to an activating group) is 1. The summed E-state index contributed by atoms with van der Waals surface area (Å²) in [5.74, 6) is 0. The highest BCUT2D eigenvalue weighted by Crippen LogP contribution is 2.08. The summed E-state index contributed by atoms with van der Waals surface area (Å²) in [5, 5.41) is 3.42. The van der Waals surface area contributed by atoms with E-state index in [1.807, 2.05) is 0 Å². The summed E-state index contributed by atoms with van der Waals surface area (Å²) in [6.07, 6.45) is 2.76. The van der Waals surface area contributed by atoms with E-state index in [9.17, 15) is 0 Å². The van der Waals surface area contributed by atoms with E-state index < -0.39 is 0 Å². The second kappa shape index (κ2) is 9.13. The van der Waals surface area contributed by atoms with Crippen LogP contribution in [0.15, 0.2) is 0 Å². The van der Waals surface area contributed by atoms with Crippen LogP contribution in [0.5, 0.6) is 0 Å². The van der Waals surface area contributed by atoms with Gasteiger partial charge in [0.15, 0.2) is 0 Å². The lowest BCUT2D eigenvalue weighted by molar-refractivity contribution is -0.00105. The molecule has 0 aliphatic carbocycles. The molecule has 0 aromatic heterocycles. The minimum Gasteiger partial charge on any atom is -0.380 e. The molecule has 0 aromatic rings. The third-order valence-electron chi connectivity index (χ3n) is 2.40. The molecule has 1 N–H and O–H groups in total. The Balaban J connectivity index is 4.07. The van der Waals surface area contributed by atoms with Crippen LogP contribution in [0.3, 0.4) is 0 Å². The van der Waals surface area contributed by atoms with Crippen molar-refractivity contribution in [2.24, 2.45) is 0 Å². The van der Waals surface area contributed by atoms with Crippen molar-refractivity contribution in [3.63, 3.8) is 0 Å². The fourth-order valence-electron chi connectivity index (χ4n) is 1.62. The van der Waals surface area contributed by atoms with Gasteiger partial charge in [-0.05, 0) is 26.8 Å². The molecular weight excluding hydrogens is 190 g/mol. The van der Waals surface area contributed by atoms with Crippen LogP contribution in [0.4, 0.5) is 0 Å². The molecule has 0 heterocycles. The molecule has 2 atom stereocenters. The van der Waals surface area contributed by atoms with E-state index in [-0.39, 0.29) is 12.2 Å². The quantitative estimate of drug-likeness (QED) is 0.642. The van der Waals surface area contributed by atoms with Crippen LogP contribution >= 0.6 is 0 Å². The molecule has 0 aromatic carbocycles. The zero-order valence-corrected chi connectivity index (χ0v) is 10.9. The van der Waals surface area contributed by atoms with Crippen LogP contribution in [-0.4, -0.2) is 38.5 Å². The Labute approximate surface area is 94.5 Å². The highest BCUT2D eigenvalue weighted by molar-refractivity contribution is 4.76. The van der Waals surface area contributed by atoms with E-state index in [0.29, 0.717) is 6.04 Å². The first-order valence-corrected chi connectivity index (χ1v) is 6.03. The summed E-state index contributed by atoms with van der Waals surface area (Å²) in [4.78, 5) is 0. The van der Waals surface area contributed by atoms with Crippen molar-refractivity contribution in [2.75, 3.05) is 20.3 Å². The van der Waals surface area contributed by atoms with Crippen molar-refractivity contribution in [1.82, 2.24) is 5.32 Å². The standard InChI is InChI=1S/C12H27NO2/c1-6-8-12(14-5)11(13-7-2)9-15-10(3)4/h10-13H,6-9H2,1-5H3. The molecule has 3 nitrogen and oxygen atoms in total. The first kappa shape index (κ1) is 14.9. The zero-order chi connectivity index (χ0) is 11.7. The Hall–Kier alpha value is -0.120. The highest BCUT2D eigenvalue weighted by Gasteiger charge is 2.19. The molecule has 92 valence electrons. The predicted molar refractivity (Wildman–Crippen MR) is 64.3 cm³/mol. The van der Waals surface area contributed by atoms with Crippen molar-refractivity contribution in [2.45, 2.75) is 58.8 Å². The summed E-state index contributed by atoms with van der Waals surface area (Å²) >= 11 is 0. The molecular formula is C12H27NO2. The number of hydrogen-bond donors (Lipinski definition) is 1. The van der Waals surface area contributed by atoms with Gasteiger partial charge in [0.25, 0.3) is 0 Å². The number of rotatable bonds is 9. The summed E-state index contributed by atoms with van der Waals surface area (Å²) in [6.45, 7) is 10.1. The molecule has 0 saturated heterocycles. The Bertz CT molecular complexity index is 140. The summed E-state index contributed by atoms with van der Waals surface area (Å²) in [7, 11) is 1.78. The highest BCUT2D eigenvalue weighted by atomic mass is 16.5. The Morgan fingerprint density at radius 1 is 1.20 bits per heavy atom. The average molecular weight is 217 g/mol. The van der Waals surface area contributed by atoms with Crippen LogP contribution in [-0.2, 0) is 9.47 Å². The molecule has 0 spiro atoms.